The van der Waals surface area contributed by atoms with Gasteiger partial charge in [-0.3, -0.25) is 14.4 Å². The first-order chi connectivity index (χ1) is 18.7. The van der Waals surface area contributed by atoms with Crippen molar-refractivity contribution in [2.75, 3.05) is 6.54 Å². The van der Waals surface area contributed by atoms with Crippen LogP contribution in [0.5, 0.6) is 0 Å². The van der Waals surface area contributed by atoms with E-state index in [1.165, 1.54) is 0 Å². The molecule has 0 aromatic rings. The number of halogens is 3. The summed E-state index contributed by atoms with van der Waals surface area (Å²) < 4.78 is 38.9. The van der Waals surface area contributed by atoms with Gasteiger partial charge in [-0.15, -0.1) is 0 Å². The van der Waals surface area contributed by atoms with Gasteiger partial charge < -0.3 is 5.32 Å². The summed E-state index contributed by atoms with van der Waals surface area (Å²) in [6, 6.07) is 2.12. The Hall–Kier alpha value is -2.43. The predicted molar refractivity (Wildman–Crippen MR) is 148 cm³/mol. The van der Waals surface area contributed by atoms with E-state index in [2.05, 4.69) is 46.0 Å². The Bertz CT molecular complexity index is 1300. The van der Waals surface area contributed by atoms with Gasteiger partial charge in [-0.05, 0) is 78.6 Å². The van der Waals surface area contributed by atoms with Gasteiger partial charge in [0.15, 0.2) is 11.6 Å². The lowest BCUT2D eigenvalue weighted by Crippen LogP contribution is -2.64. The van der Waals surface area contributed by atoms with E-state index in [0.717, 1.165) is 24.8 Å². The quantitative estimate of drug-likeness (QED) is 0.397. The van der Waals surface area contributed by atoms with Crippen LogP contribution in [0, 0.1) is 68.0 Å². The zero-order chi connectivity index (χ0) is 30.6. The standard InChI is InChI=1S/C33H43F3N2O3/c1-28(2)14-20-19(21(15-28)27(41)38-17-33(34,35)36)8-10-32(7)25(20)22(39)12-24-30(5)13-18(16-37)26(40)29(3,4)23(30)9-11-31(24,32)6/h12-13,19-21,23,25H,8-11,14-15,17H2,1-7H3,(H,38,41)/t19?,20-,21+,23?,25-,30-,31+,32+/m0/s1. The lowest BCUT2D eigenvalue weighted by atomic mass is 9.35. The van der Waals surface area contributed by atoms with Crippen LogP contribution < -0.4 is 5.32 Å². The zero-order valence-electron chi connectivity index (χ0n) is 25.3. The Kier molecular flexibility index (Phi) is 6.62. The number of rotatable bonds is 2. The van der Waals surface area contributed by atoms with Gasteiger partial charge >= 0.3 is 6.18 Å². The molecule has 3 saturated carbocycles. The third kappa shape index (κ3) is 4.27. The first kappa shape index (κ1) is 30.0. The number of fused-ring (bicyclic) bond motifs is 7. The van der Waals surface area contributed by atoms with Crippen molar-refractivity contribution in [2.45, 2.75) is 93.2 Å². The van der Waals surface area contributed by atoms with Crippen molar-refractivity contribution in [1.82, 2.24) is 5.32 Å². The minimum absolute atomic E-state index is 0.0188. The number of carbonyl (C=O) groups is 3. The fourth-order valence-electron chi connectivity index (χ4n) is 10.6. The average Bonchev–Trinajstić information content (AvgIpc) is 2.84. The van der Waals surface area contributed by atoms with E-state index in [0.29, 0.717) is 19.3 Å². The molecule has 8 heteroatoms. The van der Waals surface area contributed by atoms with Gasteiger partial charge in [0.2, 0.25) is 5.91 Å². The number of hydrogen-bond donors (Lipinski definition) is 1. The Morgan fingerprint density at radius 1 is 1.02 bits per heavy atom. The van der Waals surface area contributed by atoms with Gasteiger partial charge in [-0.2, -0.15) is 18.4 Å². The summed E-state index contributed by atoms with van der Waals surface area (Å²) in [5.74, 6) is -1.90. The van der Waals surface area contributed by atoms with E-state index in [9.17, 15) is 32.8 Å². The summed E-state index contributed by atoms with van der Waals surface area (Å²) in [6.45, 7) is 13.1. The highest BCUT2D eigenvalue weighted by molar-refractivity contribution is 6.04. The number of allylic oxidation sites excluding steroid dienone is 4. The second-order valence-electron chi connectivity index (χ2n) is 15.7. The van der Waals surface area contributed by atoms with Crippen LogP contribution in [0.4, 0.5) is 13.2 Å². The Balaban J connectivity index is 1.58. The van der Waals surface area contributed by atoms with E-state index in [4.69, 9.17) is 0 Å². The molecule has 0 aliphatic heterocycles. The van der Waals surface area contributed by atoms with Crippen molar-refractivity contribution in [3.63, 3.8) is 0 Å². The Morgan fingerprint density at radius 3 is 2.29 bits per heavy atom. The van der Waals surface area contributed by atoms with Crippen LogP contribution in [0.15, 0.2) is 23.3 Å². The summed E-state index contributed by atoms with van der Waals surface area (Å²) in [4.78, 5) is 40.7. The second-order valence-corrected chi connectivity index (χ2v) is 15.7. The lowest BCUT2D eigenvalue weighted by molar-refractivity contribution is -0.166. The molecule has 1 amide bonds. The summed E-state index contributed by atoms with van der Waals surface area (Å²) in [5, 5.41) is 12.0. The highest BCUT2D eigenvalue weighted by Gasteiger charge is 2.68. The topological polar surface area (TPSA) is 87.0 Å². The molecule has 0 bridgehead atoms. The van der Waals surface area contributed by atoms with Crippen molar-refractivity contribution in [2.24, 2.45) is 56.7 Å². The molecule has 5 rings (SSSR count). The Morgan fingerprint density at radius 2 is 1.68 bits per heavy atom. The molecule has 3 fully saturated rings. The van der Waals surface area contributed by atoms with Crippen LogP contribution in [0.25, 0.3) is 0 Å². The van der Waals surface area contributed by atoms with E-state index < -0.39 is 40.8 Å². The van der Waals surface area contributed by atoms with Crippen molar-refractivity contribution in [1.29, 1.82) is 5.26 Å². The summed E-state index contributed by atoms with van der Waals surface area (Å²) >= 11 is 0. The van der Waals surface area contributed by atoms with Gasteiger partial charge in [0.05, 0.1) is 5.57 Å². The average molecular weight is 573 g/mol. The monoisotopic (exact) mass is 572 g/mol. The summed E-state index contributed by atoms with van der Waals surface area (Å²) in [5.41, 5.74) is -1.29. The maximum atomic E-state index is 14.3. The van der Waals surface area contributed by atoms with E-state index in [1.807, 2.05) is 19.9 Å². The third-order valence-electron chi connectivity index (χ3n) is 12.5. The van der Waals surface area contributed by atoms with Crippen molar-refractivity contribution < 1.29 is 27.6 Å². The smallest absolute Gasteiger partial charge is 0.347 e. The molecule has 5 nitrogen and oxygen atoms in total. The van der Waals surface area contributed by atoms with E-state index in [1.54, 1.807) is 6.08 Å². The second kappa shape index (κ2) is 9.04. The normalized spacial score (nSPS) is 42.8. The first-order valence-corrected chi connectivity index (χ1v) is 15.0. The molecule has 8 atom stereocenters. The van der Waals surface area contributed by atoms with Crippen LogP contribution in [-0.2, 0) is 14.4 Å². The fraction of sp³-hybridized carbons (Fsp3) is 0.758. The number of nitrogens with one attached hydrogen (secondary N) is 1. The highest BCUT2D eigenvalue weighted by Crippen LogP contribution is 2.73. The molecule has 0 aromatic carbocycles. The molecule has 5 aliphatic carbocycles. The molecule has 1 N–H and O–H groups in total. The Labute approximate surface area is 241 Å². The summed E-state index contributed by atoms with van der Waals surface area (Å²) in [7, 11) is 0. The zero-order valence-corrected chi connectivity index (χ0v) is 25.3. The number of ketones is 2. The van der Waals surface area contributed by atoms with Gasteiger partial charge in [0.25, 0.3) is 0 Å². The number of alkyl halides is 3. The maximum absolute atomic E-state index is 14.3. The van der Waals surface area contributed by atoms with Gasteiger partial charge in [0.1, 0.15) is 12.6 Å². The molecule has 0 aromatic heterocycles. The van der Waals surface area contributed by atoms with Crippen LogP contribution in [0.2, 0.25) is 0 Å². The van der Waals surface area contributed by atoms with Crippen molar-refractivity contribution >= 4 is 17.5 Å². The number of amides is 1. The van der Waals surface area contributed by atoms with Crippen LogP contribution in [-0.4, -0.2) is 30.2 Å². The van der Waals surface area contributed by atoms with Crippen LogP contribution in [0.3, 0.4) is 0 Å². The first-order valence-electron chi connectivity index (χ1n) is 15.0. The van der Waals surface area contributed by atoms with Crippen molar-refractivity contribution in [3.8, 4) is 6.07 Å². The molecular formula is C33H43F3N2O3. The number of nitrogens with zero attached hydrogens (tertiary/aromatic N) is 1. The van der Waals surface area contributed by atoms with Gasteiger partial charge in [-0.1, -0.05) is 60.1 Å². The third-order valence-corrected chi connectivity index (χ3v) is 12.5. The minimum atomic E-state index is -4.48. The minimum Gasteiger partial charge on any atom is -0.347 e. The molecule has 0 saturated heterocycles. The molecule has 0 heterocycles. The highest BCUT2D eigenvalue weighted by atomic mass is 19.4. The predicted octanol–water partition coefficient (Wildman–Crippen LogP) is 6.74. The molecule has 41 heavy (non-hydrogen) atoms. The molecular weight excluding hydrogens is 529 g/mol. The van der Waals surface area contributed by atoms with Crippen LogP contribution >= 0.6 is 0 Å². The van der Waals surface area contributed by atoms with Crippen molar-refractivity contribution in [3.05, 3.63) is 23.3 Å². The SMILES string of the molecule is CC1(C)C[C@@H](C(=O)NCC(F)(F)F)C2CC[C@]3(C)[C@H](C(=O)C=C4[C@@]5(C)C=C(C#N)C(=O)C(C)(C)C5CC[C@]43C)[C@H]2C1. The van der Waals surface area contributed by atoms with Crippen LogP contribution in [0.1, 0.15) is 87.0 Å². The molecule has 224 valence electrons. The van der Waals surface area contributed by atoms with Gasteiger partial charge in [0, 0.05) is 22.7 Å². The van der Waals surface area contributed by atoms with E-state index >= 15 is 0 Å². The number of carbonyl (C=O) groups excluding carboxylic acids is 3. The largest absolute Gasteiger partial charge is 0.405 e. The fourth-order valence-corrected chi connectivity index (χ4v) is 10.6. The van der Waals surface area contributed by atoms with E-state index in [-0.39, 0.29) is 51.6 Å². The molecule has 0 radical (unpaired) electrons. The molecule has 0 spiro atoms. The number of nitriles is 1. The number of hydrogen-bond acceptors (Lipinski definition) is 4. The lowest BCUT2D eigenvalue weighted by Gasteiger charge is -2.68. The maximum Gasteiger partial charge on any atom is 0.405 e. The van der Waals surface area contributed by atoms with Gasteiger partial charge in [-0.25, -0.2) is 0 Å². The molecule has 5 aliphatic rings. The summed E-state index contributed by atoms with van der Waals surface area (Å²) in [6.07, 6.45) is 3.35. The number of Topliss-reactive ketones (excluding diaryl/α,β-unsaturated/α-hetero) is 1. The molecule has 2 unspecified atom stereocenters.